The van der Waals surface area contributed by atoms with Crippen LogP contribution in [0.15, 0.2) is 0 Å². The second-order valence-electron chi connectivity index (χ2n) is 5.72. The normalized spacial score (nSPS) is 19.1. The fourth-order valence-corrected chi connectivity index (χ4v) is 2.73. The topological polar surface area (TPSA) is 55.1 Å². The molecule has 0 heterocycles. The molecule has 108 valence electrons. The first-order chi connectivity index (χ1) is 8.06. The van der Waals surface area contributed by atoms with Gasteiger partial charge in [-0.2, -0.15) is 0 Å². The highest BCUT2D eigenvalue weighted by Crippen LogP contribution is 2.28. The Bertz CT molecular complexity index is 238. The third-order valence-corrected chi connectivity index (χ3v) is 3.84. The summed E-state index contributed by atoms with van der Waals surface area (Å²) >= 11 is 0. The second-order valence-corrected chi connectivity index (χ2v) is 5.72. The summed E-state index contributed by atoms with van der Waals surface area (Å²) < 4.78 is 0. The van der Waals surface area contributed by atoms with E-state index in [1.165, 1.54) is 32.1 Å². The Morgan fingerprint density at radius 1 is 1.39 bits per heavy atom. The van der Waals surface area contributed by atoms with Crippen molar-refractivity contribution in [3.05, 3.63) is 0 Å². The predicted molar refractivity (Wildman–Crippen MR) is 79.0 cm³/mol. The number of rotatable bonds is 7. The number of hydrogen-bond acceptors (Lipinski definition) is 2. The highest BCUT2D eigenvalue weighted by Gasteiger charge is 2.26. The van der Waals surface area contributed by atoms with Crippen molar-refractivity contribution < 1.29 is 4.79 Å². The Hall–Kier alpha value is -0.280. The molecule has 3 nitrogen and oxygen atoms in total. The van der Waals surface area contributed by atoms with Crippen LogP contribution in [-0.2, 0) is 4.79 Å². The molecule has 1 fully saturated rings. The van der Waals surface area contributed by atoms with Gasteiger partial charge in [0.2, 0.25) is 5.91 Å². The third-order valence-electron chi connectivity index (χ3n) is 3.84. The molecule has 1 atom stereocenters. The molecule has 0 aromatic carbocycles. The van der Waals surface area contributed by atoms with E-state index in [0.29, 0.717) is 0 Å². The molecule has 0 bridgehead atoms. The molecular formula is C14H29ClN2O. The molecule has 0 aromatic rings. The average Bonchev–Trinajstić information content (AvgIpc) is 2.76. The first-order valence-electron chi connectivity index (χ1n) is 7.13. The number of nitrogens with two attached hydrogens (primary N) is 1. The minimum atomic E-state index is -0.692. The van der Waals surface area contributed by atoms with Crippen LogP contribution in [-0.4, -0.2) is 18.0 Å². The summed E-state index contributed by atoms with van der Waals surface area (Å²) in [4.78, 5) is 11.8. The summed E-state index contributed by atoms with van der Waals surface area (Å²) in [5, 5.41) is 2.97. The molecule has 3 N–H and O–H groups in total. The molecule has 0 spiro atoms. The molecule has 1 amide bonds. The van der Waals surface area contributed by atoms with E-state index in [1.54, 1.807) is 0 Å². The highest BCUT2D eigenvalue weighted by atomic mass is 35.5. The molecule has 0 radical (unpaired) electrons. The highest BCUT2D eigenvalue weighted by molar-refractivity contribution is 5.85. The zero-order valence-electron chi connectivity index (χ0n) is 11.8. The van der Waals surface area contributed by atoms with Gasteiger partial charge in [0.15, 0.2) is 0 Å². The van der Waals surface area contributed by atoms with Crippen LogP contribution >= 0.6 is 12.4 Å². The number of carbonyl (C=O) groups is 1. The van der Waals surface area contributed by atoms with Gasteiger partial charge in [-0.25, -0.2) is 0 Å². The maximum absolute atomic E-state index is 11.8. The van der Waals surface area contributed by atoms with Crippen LogP contribution in [0.3, 0.4) is 0 Å². The standard InChI is InChI=1S/C14H28N2O.ClH/c1-3-10-14(2,15)13(17)16-11-6-9-12-7-4-5-8-12;/h12H,3-11,15H2,1-2H3,(H,16,17);1H. The lowest BCUT2D eigenvalue weighted by molar-refractivity contribution is -0.126. The molecule has 1 aliphatic carbocycles. The van der Waals surface area contributed by atoms with Gasteiger partial charge in [0.25, 0.3) is 0 Å². The molecule has 18 heavy (non-hydrogen) atoms. The fourth-order valence-electron chi connectivity index (χ4n) is 2.73. The minimum absolute atomic E-state index is 0. The van der Waals surface area contributed by atoms with Crippen LogP contribution in [0.5, 0.6) is 0 Å². The summed E-state index contributed by atoms with van der Waals surface area (Å²) in [6, 6.07) is 0. The van der Waals surface area contributed by atoms with Crippen molar-refractivity contribution in [2.45, 2.75) is 70.8 Å². The largest absolute Gasteiger partial charge is 0.355 e. The zero-order chi connectivity index (χ0) is 12.7. The Labute approximate surface area is 118 Å². The fraction of sp³-hybridized carbons (Fsp3) is 0.929. The van der Waals surface area contributed by atoms with Gasteiger partial charge in [-0.05, 0) is 32.1 Å². The van der Waals surface area contributed by atoms with Gasteiger partial charge in [-0.3, -0.25) is 4.79 Å². The van der Waals surface area contributed by atoms with E-state index in [2.05, 4.69) is 12.2 Å². The summed E-state index contributed by atoms with van der Waals surface area (Å²) in [6.07, 6.45) is 9.62. The van der Waals surface area contributed by atoms with Gasteiger partial charge in [0, 0.05) is 6.54 Å². The smallest absolute Gasteiger partial charge is 0.239 e. The average molecular weight is 277 g/mol. The van der Waals surface area contributed by atoms with Crippen LogP contribution in [0.1, 0.15) is 65.2 Å². The van der Waals surface area contributed by atoms with Crippen molar-refractivity contribution >= 4 is 18.3 Å². The Kier molecular flexibility index (Phi) is 8.62. The zero-order valence-corrected chi connectivity index (χ0v) is 12.7. The molecule has 1 unspecified atom stereocenters. The number of nitrogens with one attached hydrogen (secondary N) is 1. The van der Waals surface area contributed by atoms with Gasteiger partial charge >= 0.3 is 0 Å². The van der Waals surface area contributed by atoms with Gasteiger partial charge in [-0.1, -0.05) is 39.0 Å². The summed E-state index contributed by atoms with van der Waals surface area (Å²) in [5.74, 6) is 0.914. The molecule has 1 rings (SSSR count). The monoisotopic (exact) mass is 276 g/mol. The molecule has 0 aliphatic heterocycles. The molecule has 4 heteroatoms. The summed E-state index contributed by atoms with van der Waals surface area (Å²) in [5.41, 5.74) is 5.27. The Balaban J connectivity index is 0.00000289. The van der Waals surface area contributed by atoms with Crippen molar-refractivity contribution in [2.75, 3.05) is 6.54 Å². The Morgan fingerprint density at radius 2 is 2.00 bits per heavy atom. The van der Waals surface area contributed by atoms with E-state index >= 15 is 0 Å². The SMILES string of the molecule is CCCC(C)(N)C(=O)NCCCC1CCCC1.Cl. The van der Waals surface area contributed by atoms with E-state index in [1.807, 2.05) is 6.92 Å². The van der Waals surface area contributed by atoms with Crippen LogP contribution in [0, 0.1) is 5.92 Å². The number of carbonyl (C=O) groups excluding carboxylic acids is 1. The maximum Gasteiger partial charge on any atom is 0.239 e. The molecule has 0 aromatic heterocycles. The molecular weight excluding hydrogens is 248 g/mol. The van der Waals surface area contributed by atoms with Crippen molar-refractivity contribution in [3.8, 4) is 0 Å². The van der Waals surface area contributed by atoms with E-state index in [4.69, 9.17) is 5.73 Å². The Morgan fingerprint density at radius 3 is 2.56 bits per heavy atom. The van der Waals surface area contributed by atoms with E-state index in [-0.39, 0.29) is 18.3 Å². The van der Waals surface area contributed by atoms with E-state index < -0.39 is 5.54 Å². The number of halogens is 1. The first kappa shape index (κ1) is 17.7. The van der Waals surface area contributed by atoms with Crippen LogP contribution in [0.2, 0.25) is 0 Å². The van der Waals surface area contributed by atoms with Crippen molar-refractivity contribution in [1.82, 2.24) is 5.32 Å². The van der Waals surface area contributed by atoms with Crippen LogP contribution in [0.4, 0.5) is 0 Å². The van der Waals surface area contributed by atoms with Crippen molar-refractivity contribution in [3.63, 3.8) is 0 Å². The van der Waals surface area contributed by atoms with Gasteiger partial charge in [-0.15, -0.1) is 12.4 Å². The van der Waals surface area contributed by atoms with E-state index in [0.717, 1.165) is 31.7 Å². The number of hydrogen-bond donors (Lipinski definition) is 2. The van der Waals surface area contributed by atoms with Gasteiger partial charge in [0.1, 0.15) is 0 Å². The summed E-state index contributed by atoms with van der Waals surface area (Å²) in [6.45, 7) is 4.66. The molecule has 1 saturated carbocycles. The van der Waals surface area contributed by atoms with Gasteiger partial charge < -0.3 is 11.1 Å². The number of amides is 1. The lowest BCUT2D eigenvalue weighted by Gasteiger charge is -2.23. The van der Waals surface area contributed by atoms with Crippen molar-refractivity contribution in [1.29, 1.82) is 0 Å². The van der Waals surface area contributed by atoms with Gasteiger partial charge in [0.05, 0.1) is 5.54 Å². The van der Waals surface area contributed by atoms with Crippen molar-refractivity contribution in [2.24, 2.45) is 11.7 Å². The quantitative estimate of drug-likeness (QED) is 0.703. The summed E-state index contributed by atoms with van der Waals surface area (Å²) in [7, 11) is 0. The maximum atomic E-state index is 11.8. The third kappa shape index (κ3) is 6.05. The lowest BCUT2D eigenvalue weighted by atomic mass is 9.96. The molecule has 1 aliphatic rings. The molecule has 0 saturated heterocycles. The van der Waals surface area contributed by atoms with E-state index in [9.17, 15) is 4.79 Å². The van der Waals surface area contributed by atoms with Crippen LogP contribution in [0.25, 0.3) is 0 Å². The first-order valence-corrected chi connectivity index (χ1v) is 7.13. The predicted octanol–water partition coefficient (Wildman–Crippen LogP) is 3.01. The van der Waals surface area contributed by atoms with Crippen LogP contribution < -0.4 is 11.1 Å². The second kappa shape index (κ2) is 8.76. The minimum Gasteiger partial charge on any atom is -0.355 e. The lowest BCUT2D eigenvalue weighted by Crippen LogP contribution is -2.51.